The molecule has 1 amide bonds. The molecule has 0 aliphatic carbocycles. The van der Waals surface area contributed by atoms with Crippen LogP contribution in [0.4, 0.5) is 0 Å². The van der Waals surface area contributed by atoms with E-state index in [9.17, 15) is 14.7 Å². The predicted octanol–water partition coefficient (Wildman–Crippen LogP) is 1.50. The van der Waals surface area contributed by atoms with Crippen molar-refractivity contribution in [2.24, 2.45) is 5.10 Å². The second-order valence-corrected chi connectivity index (χ2v) is 5.96. The van der Waals surface area contributed by atoms with Crippen molar-refractivity contribution in [1.82, 2.24) is 5.01 Å². The van der Waals surface area contributed by atoms with Gasteiger partial charge in [0.2, 0.25) is 5.91 Å². The Kier molecular flexibility index (Phi) is 5.44. The summed E-state index contributed by atoms with van der Waals surface area (Å²) in [6, 6.07) is 8.43. The van der Waals surface area contributed by atoms with E-state index in [-0.39, 0.29) is 12.8 Å². The number of hydrogen-bond acceptors (Lipinski definition) is 7. The fraction of sp³-hybridized carbons (Fsp3) is 0.316. The minimum atomic E-state index is -1.28. The van der Waals surface area contributed by atoms with E-state index in [0.717, 1.165) is 5.56 Å². The highest BCUT2D eigenvalue weighted by atomic mass is 16.5. The summed E-state index contributed by atoms with van der Waals surface area (Å²) in [6.07, 6.45) is 1.40. The Morgan fingerprint density at radius 2 is 2.00 bits per heavy atom. The second kappa shape index (κ2) is 7.94. The Bertz CT molecular complexity index is 859. The van der Waals surface area contributed by atoms with E-state index >= 15 is 0 Å². The van der Waals surface area contributed by atoms with Crippen molar-refractivity contribution in [3.8, 4) is 11.5 Å². The van der Waals surface area contributed by atoms with E-state index in [1.807, 2.05) is 6.07 Å². The van der Waals surface area contributed by atoms with Crippen LogP contribution in [0.3, 0.4) is 0 Å². The smallest absolute Gasteiger partial charge is 0.243 e. The number of benzene rings is 1. The van der Waals surface area contributed by atoms with Crippen molar-refractivity contribution in [2.75, 3.05) is 14.2 Å². The predicted molar refractivity (Wildman–Crippen MR) is 93.2 cm³/mol. The van der Waals surface area contributed by atoms with E-state index in [2.05, 4.69) is 5.10 Å². The van der Waals surface area contributed by atoms with Gasteiger partial charge in [0.1, 0.15) is 11.8 Å². The SMILES string of the molecule is COc1ccc(C2=NN(C(=O)CCC(=O)[O-])[C@H](c3ccco3)C2)cc1OC. The van der Waals surface area contributed by atoms with Gasteiger partial charge < -0.3 is 23.8 Å². The van der Waals surface area contributed by atoms with Crippen LogP contribution in [0.5, 0.6) is 11.5 Å². The number of carboxylic acids is 1. The highest BCUT2D eigenvalue weighted by Crippen LogP contribution is 2.35. The molecule has 0 unspecified atom stereocenters. The maximum Gasteiger partial charge on any atom is 0.243 e. The fourth-order valence-electron chi connectivity index (χ4n) is 2.96. The number of hydrogen-bond donors (Lipinski definition) is 0. The number of nitrogens with zero attached hydrogens (tertiary/aromatic N) is 2. The number of rotatable bonds is 7. The monoisotopic (exact) mass is 371 g/mol. The molecule has 142 valence electrons. The normalized spacial score (nSPS) is 16.1. The molecule has 0 radical (unpaired) electrons. The third-order valence-electron chi connectivity index (χ3n) is 4.30. The molecule has 3 rings (SSSR count). The van der Waals surface area contributed by atoms with Crippen molar-refractivity contribution in [1.29, 1.82) is 0 Å². The Morgan fingerprint density at radius 3 is 2.63 bits per heavy atom. The summed E-state index contributed by atoms with van der Waals surface area (Å²) in [4.78, 5) is 23.2. The Morgan fingerprint density at radius 1 is 1.22 bits per heavy atom. The van der Waals surface area contributed by atoms with Crippen molar-refractivity contribution >= 4 is 17.6 Å². The van der Waals surface area contributed by atoms with Crippen LogP contribution in [0.25, 0.3) is 0 Å². The first-order valence-electron chi connectivity index (χ1n) is 8.38. The van der Waals surface area contributed by atoms with E-state index in [4.69, 9.17) is 13.9 Å². The number of carbonyl (C=O) groups excluding carboxylic acids is 2. The topological polar surface area (TPSA) is 104 Å². The van der Waals surface area contributed by atoms with Crippen molar-refractivity contribution < 1.29 is 28.6 Å². The summed E-state index contributed by atoms with van der Waals surface area (Å²) in [5, 5.41) is 16.4. The molecule has 8 nitrogen and oxygen atoms in total. The van der Waals surface area contributed by atoms with Crippen LogP contribution in [0.15, 0.2) is 46.1 Å². The second-order valence-electron chi connectivity index (χ2n) is 5.96. The van der Waals surface area contributed by atoms with Crippen molar-refractivity contribution in [2.45, 2.75) is 25.3 Å². The zero-order valence-electron chi connectivity index (χ0n) is 15.0. The van der Waals surface area contributed by atoms with Crippen LogP contribution in [0.1, 0.15) is 36.6 Å². The first-order valence-corrected chi connectivity index (χ1v) is 8.38. The summed E-state index contributed by atoms with van der Waals surface area (Å²) in [6.45, 7) is 0. The van der Waals surface area contributed by atoms with Gasteiger partial charge >= 0.3 is 0 Å². The van der Waals surface area contributed by atoms with E-state index in [1.54, 1.807) is 38.5 Å². The summed E-state index contributed by atoms with van der Waals surface area (Å²) in [5.41, 5.74) is 1.44. The highest BCUT2D eigenvalue weighted by Gasteiger charge is 2.34. The van der Waals surface area contributed by atoms with E-state index in [0.29, 0.717) is 29.4 Å². The van der Waals surface area contributed by atoms with Gasteiger partial charge in [-0.15, -0.1) is 0 Å². The number of carboxylic acid groups (broad SMARTS) is 1. The molecule has 0 bridgehead atoms. The van der Waals surface area contributed by atoms with E-state index < -0.39 is 17.9 Å². The molecule has 1 aromatic carbocycles. The zero-order chi connectivity index (χ0) is 19.4. The van der Waals surface area contributed by atoms with Crippen LogP contribution >= 0.6 is 0 Å². The quantitative estimate of drug-likeness (QED) is 0.731. The minimum absolute atomic E-state index is 0.192. The van der Waals surface area contributed by atoms with Crippen molar-refractivity contribution in [3.63, 3.8) is 0 Å². The molecule has 1 aromatic heterocycles. The van der Waals surface area contributed by atoms with E-state index in [1.165, 1.54) is 11.3 Å². The number of aliphatic carboxylic acids is 1. The molecule has 1 aliphatic rings. The molecule has 0 spiro atoms. The number of carbonyl (C=O) groups is 2. The molecule has 0 fully saturated rings. The molecule has 0 saturated heterocycles. The molecule has 2 heterocycles. The first-order chi connectivity index (χ1) is 13.0. The van der Waals surface area contributed by atoms with Gasteiger partial charge in [-0.3, -0.25) is 4.79 Å². The van der Waals surface area contributed by atoms with Crippen LogP contribution in [-0.4, -0.2) is 36.8 Å². The molecule has 1 aliphatic heterocycles. The lowest BCUT2D eigenvalue weighted by atomic mass is 10.0. The highest BCUT2D eigenvalue weighted by molar-refractivity contribution is 6.03. The van der Waals surface area contributed by atoms with Gasteiger partial charge in [-0.1, -0.05) is 0 Å². The van der Waals surface area contributed by atoms with Gasteiger partial charge in [-0.25, -0.2) is 5.01 Å². The van der Waals surface area contributed by atoms with Gasteiger partial charge in [0.05, 0.1) is 26.2 Å². The van der Waals surface area contributed by atoms with Gasteiger partial charge in [0.15, 0.2) is 11.5 Å². The molecule has 1 atom stereocenters. The van der Waals surface area contributed by atoms with Gasteiger partial charge in [-0.2, -0.15) is 5.10 Å². The lowest BCUT2D eigenvalue weighted by molar-refractivity contribution is -0.305. The standard InChI is InChI=1S/C19H20N2O6/c1-25-16-6-5-12(10-17(16)26-2)13-11-14(15-4-3-9-27-15)21(20-13)18(22)7-8-19(23)24/h3-6,9-10,14H,7-8,11H2,1-2H3,(H,23,24)/p-1/t14-/m0/s1. The van der Waals surface area contributed by atoms with Crippen LogP contribution in [0, 0.1) is 0 Å². The van der Waals surface area contributed by atoms with Crippen LogP contribution < -0.4 is 14.6 Å². The van der Waals surface area contributed by atoms with Crippen LogP contribution in [0.2, 0.25) is 0 Å². The number of hydrazone groups is 1. The van der Waals surface area contributed by atoms with Crippen LogP contribution in [-0.2, 0) is 9.59 Å². The van der Waals surface area contributed by atoms with Gasteiger partial charge in [0, 0.05) is 24.4 Å². The lowest BCUT2D eigenvalue weighted by Gasteiger charge is -2.19. The lowest BCUT2D eigenvalue weighted by Crippen LogP contribution is -2.29. The maximum atomic E-state index is 12.5. The van der Waals surface area contributed by atoms with Crippen molar-refractivity contribution in [3.05, 3.63) is 47.9 Å². The third kappa shape index (κ3) is 3.94. The molecule has 0 N–H and O–H groups in total. The first kappa shape index (κ1) is 18.5. The zero-order valence-corrected chi connectivity index (χ0v) is 15.0. The average Bonchev–Trinajstić information content (AvgIpc) is 3.34. The molecule has 8 heteroatoms. The summed E-state index contributed by atoms with van der Waals surface area (Å²) >= 11 is 0. The maximum absolute atomic E-state index is 12.5. The Hall–Kier alpha value is -3.29. The third-order valence-corrected chi connectivity index (χ3v) is 4.30. The molecular formula is C19H19N2O6-. The Labute approximate surface area is 156 Å². The molecule has 2 aromatic rings. The molecular weight excluding hydrogens is 352 g/mol. The summed E-state index contributed by atoms with van der Waals surface area (Å²) in [5.74, 6) is 0.0339. The Balaban J connectivity index is 1.90. The summed E-state index contributed by atoms with van der Waals surface area (Å²) < 4.78 is 16.0. The number of methoxy groups -OCH3 is 2. The van der Waals surface area contributed by atoms with Gasteiger partial charge in [0.25, 0.3) is 0 Å². The largest absolute Gasteiger partial charge is 0.550 e. The number of ether oxygens (including phenoxy) is 2. The molecule has 27 heavy (non-hydrogen) atoms. The average molecular weight is 371 g/mol. The molecule has 0 saturated carbocycles. The number of amides is 1. The van der Waals surface area contributed by atoms with Gasteiger partial charge in [-0.05, 0) is 36.8 Å². The fourth-order valence-corrected chi connectivity index (χ4v) is 2.96. The number of furan rings is 1. The minimum Gasteiger partial charge on any atom is -0.550 e. The summed E-state index contributed by atoms with van der Waals surface area (Å²) in [7, 11) is 3.09.